The zero-order valence-electron chi connectivity index (χ0n) is 86.0. The van der Waals surface area contributed by atoms with Gasteiger partial charge in [-0.2, -0.15) is 5.10 Å². The van der Waals surface area contributed by atoms with Crippen LogP contribution in [0.2, 0.25) is 0 Å². The third-order valence-corrected chi connectivity index (χ3v) is 24.0. The topological polar surface area (TPSA) is 238 Å². The summed E-state index contributed by atoms with van der Waals surface area (Å²) < 4.78 is 58.4. The van der Waals surface area contributed by atoms with Crippen molar-refractivity contribution >= 4 is 40.1 Å². The van der Waals surface area contributed by atoms with E-state index in [0.29, 0.717) is 17.2 Å². The Labute approximate surface area is 852 Å². The number of aromatic nitrogens is 12. The van der Waals surface area contributed by atoms with Gasteiger partial charge in [-0.25, -0.2) is 29.7 Å². The molecule has 1 aliphatic rings. The zero-order chi connectivity index (χ0) is 103. The van der Waals surface area contributed by atoms with Crippen molar-refractivity contribution in [3.05, 3.63) is 364 Å². The third-order valence-electron chi connectivity index (χ3n) is 24.0. The predicted molar refractivity (Wildman–Crippen MR) is 583 cm³/mol. The summed E-state index contributed by atoms with van der Waals surface area (Å²) in [5, 5.41) is 4.51. The molecule has 1 saturated carbocycles. The SMILES string of the molecule is CC(C)OC(=O)c1ccc(-c2ccc3ncc(-c4ccc(OC(C)C)cc4)n3c2)cc1.CC(C)Oc1ccc(-c2cnc3ccc(-c4ccc(C(N)=O)cc4)cn23)cc1.CC(C)Oc1ccc(-c2cnc3ccc(-c4cnn(C5CC5)c4)cn23)cc1.Cc1cc(-c2ccc3ncc(-c4ccc(OC(C)C)cc4)n3c2)ccc1OC(C)C.Cc1cc(OC(C)C)ccc1-c1ccc2ncc(-c3ccc(OC(C)C)cc3)n2c1. The van der Waals surface area contributed by atoms with E-state index in [9.17, 15) is 9.59 Å². The summed E-state index contributed by atoms with van der Waals surface area (Å²) in [5.74, 6) is 5.44. The molecule has 9 aromatic carbocycles. The van der Waals surface area contributed by atoms with Gasteiger partial charge in [-0.3, -0.25) is 31.5 Å². The fourth-order valence-electron chi connectivity index (χ4n) is 17.1. The van der Waals surface area contributed by atoms with Crippen LogP contribution in [0.5, 0.6) is 40.2 Å². The highest BCUT2D eigenvalue weighted by atomic mass is 16.5. The van der Waals surface area contributed by atoms with Gasteiger partial charge in [-0.15, -0.1) is 0 Å². The number of esters is 1. The molecule has 11 heterocycles. The predicted octanol–water partition coefficient (Wildman–Crippen LogP) is 28.7. The normalized spacial score (nSPS) is 11.8. The Morgan fingerprint density at radius 3 is 0.856 bits per heavy atom. The lowest BCUT2D eigenvalue weighted by Crippen LogP contribution is -2.11. The first-order valence-corrected chi connectivity index (χ1v) is 49.9. The van der Waals surface area contributed by atoms with Crippen LogP contribution in [0.3, 0.4) is 0 Å². The number of benzene rings is 9. The summed E-state index contributed by atoms with van der Waals surface area (Å²) in [4.78, 5) is 46.1. The van der Waals surface area contributed by atoms with Crippen molar-refractivity contribution in [2.45, 2.75) is 192 Å². The molecule has 1 fully saturated rings. The number of aryl methyl sites for hydroxylation is 2. The number of carbonyl (C=O) groups is 2. The van der Waals surface area contributed by atoms with Gasteiger partial charge >= 0.3 is 5.97 Å². The highest BCUT2D eigenvalue weighted by Gasteiger charge is 2.25. The molecule has 0 radical (unpaired) electrons. The van der Waals surface area contributed by atoms with E-state index >= 15 is 0 Å². The second-order valence-electron chi connectivity index (χ2n) is 38.6. The van der Waals surface area contributed by atoms with Gasteiger partial charge in [0.2, 0.25) is 5.91 Å². The summed E-state index contributed by atoms with van der Waals surface area (Å²) in [6.07, 6.45) is 27.6. The molecule has 742 valence electrons. The first-order chi connectivity index (χ1) is 70.4. The molecule has 1 aliphatic carbocycles. The van der Waals surface area contributed by atoms with Crippen LogP contribution >= 0.6 is 0 Å². The number of pyridine rings is 5. The van der Waals surface area contributed by atoms with Gasteiger partial charge in [0.15, 0.2) is 0 Å². The van der Waals surface area contributed by atoms with Crippen molar-refractivity contribution in [3.63, 3.8) is 0 Å². The maximum absolute atomic E-state index is 12.1. The van der Waals surface area contributed by atoms with Crippen molar-refractivity contribution in [2.75, 3.05) is 0 Å². The van der Waals surface area contributed by atoms with Crippen LogP contribution in [0, 0.1) is 13.8 Å². The number of fused-ring (bicyclic) bond motifs is 5. The molecule has 0 spiro atoms. The largest absolute Gasteiger partial charge is 0.491 e. The molecule has 0 unspecified atom stereocenters. The maximum Gasteiger partial charge on any atom is 0.338 e. The second-order valence-corrected chi connectivity index (χ2v) is 38.6. The van der Waals surface area contributed by atoms with E-state index in [-0.39, 0.29) is 54.8 Å². The number of nitrogens with zero attached hydrogens (tertiary/aromatic N) is 12. The van der Waals surface area contributed by atoms with Crippen LogP contribution in [0.1, 0.15) is 162 Å². The minimum absolute atomic E-state index is 0.139. The number of nitrogens with two attached hydrogens (primary N) is 1. The van der Waals surface area contributed by atoms with E-state index in [4.69, 9.17) is 43.6 Å². The molecule has 0 atom stereocenters. The van der Waals surface area contributed by atoms with Crippen molar-refractivity contribution in [1.82, 2.24) is 56.7 Å². The van der Waals surface area contributed by atoms with E-state index in [0.717, 1.165) is 180 Å². The van der Waals surface area contributed by atoms with E-state index in [1.165, 1.54) is 24.0 Å². The lowest BCUT2D eigenvalue weighted by Gasteiger charge is -2.14. The molecule has 23 heteroatoms. The summed E-state index contributed by atoms with van der Waals surface area (Å²) in [5.41, 5.74) is 34.9. The zero-order valence-corrected chi connectivity index (χ0v) is 86.0. The van der Waals surface area contributed by atoms with E-state index in [1.54, 1.807) is 24.3 Å². The van der Waals surface area contributed by atoms with Crippen LogP contribution in [0.25, 0.3) is 140 Å². The minimum Gasteiger partial charge on any atom is -0.491 e. The van der Waals surface area contributed by atoms with E-state index in [2.05, 4.69) is 211 Å². The number of hydrogen-bond acceptors (Lipinski definition) is 16. The van der Waals surface area contributed by atoms with Crippen LogP contribution in [0.15, 0.2) is 341 Å². The number of primary amides is 1. The number of imidazole rings is 5. The minimum atomic E-state index is -0.427. The first kappa shape index (κ1) is 101. The molecular formula is C123H125N13O10. The molecule has 20 aromatic rings. The van der Waals surface area contributed by atoms with Gasteiger partial charge in [-0.05, 0) is 424 Å². The molecule has 23 nitrogen and oxygen atoms in total. The van der Waals surface area contributed by atoms with Crippen LogP contribution < -0.4 is 38.9 Å². The van der Waals surface area contributed by atoms with E-state index in [1.807, 2.05) is 287 Å². The fraction of sp³-hybridized carbons (Fsp3) is 0.236. The average Bonchev–Trinajstić information content (AvgIpc) is 1.64. The van der Waals surface area contributed by atoms with Gasteiger partial charge in [0.1, 0.15) is 68.5 Å². The van der Waals surface area contributed by atoms with Gasteiger partial charge in [0.05, 0.1) is 126 Å². The number of ether oxygens (including phenoxy) is 8. The van der Waals surface area contributed by atoms with Crippen molar-refractivity contribution in [3.8, 4) is 152 Å². The smallest absolute Gasteiger partial charge is 0.338 e. The Kier molecular flexibility index (Phi) is 31.2. The molecular weight excluding hydrogens is 1820 g/mol. The highest BCUT2D eigenvalue weighted by Crippen LogP contribution is 2.39. The van der Waals surface area contributed by atoms with Gasteiger partial charge < -0.3 is 43.6 Å². The van der Waals surface area contributed by atoms with Gasteiger partial charge in [-0.1, -0.05) is 36.4 Å². The molecule has 1 amide bonds. The third kappa shape index (κ3) is 24.9. The molecule has 2 N–H and O–H groups in total. The Hall–Kier alpha value is -16.8. The van der Waals surface area contributed by atoms with Crippen LogP contribution in [-0.2, 0) is 4.74 Å². The van der Waals surface area contributed by atoms with Crippen LogP contribution in [-0.4, -0.2) is 117 Å². The van der Waals surface area contributed by atoms with Gasteiger partial charge in [0, 0.05) is 81.7 Å². The Balaban J connectivity index is 0.000000125. The lowest BCUT2D eigenvalue weighted by molar-refractivity contribution is 0.0377. The summed E-state index contributed by atoms with van der Waals surface area (Å²) in [7, 11) is 0. The van der Waals surface area contributed by atoms with Crippen molar-refractivity contribution in [1.29, 1.82) is 0 Å². The summed E-state index contributed by atoms with van der Waals surface area (Å²) in [6, 6.07) is 89.1. The lowest BCUT2D eigenvalue weighted by atomic mass is 10.0. The van der Waals surface area contributed by atoms with Crippen LogP contribution in [0.4, 0.5) is 0 Å². The first-order valence-electron chi connectivity index (χ1n) is 49.9. The second kappa shape index (κ2) is 45.2. The molecule has 0 aliphatic heterocycles. The Bertz CT molecular complexity index is 7880. The maximum atomic E-state index is 12.1. The molecule has 0 bridgehead atoms. The monoisotopic (exact) mass is 1940 g/mol. The van der Waals surface area contributed by atoms with E-state index < -0.39 is 5.91 Å². The average molecular weight is 1950 g/mol. The Morgan fingerprint density at radius 2 is 0.548 bits per heavy atom. The Morgan fingerprint density at radius 1 is 0.267 bits per heavy atom. The molecule has 11 aromatic heterocycles. The fourth-order valence-corrected chi connectivity index (χ4v) is 17.1. The summed E-state index contributed by atoms with van der Waals surface area (Å²) >= 11 is 0. The highest BCUT2D eigenvalue weighted by molar-refractivity contribution is 5.93. The van der Waals surface area contributed by atoms with Gasteiger partial charge in [0.25, 0.3) is 0 Å². The molecule has 146 heavy (non-hydrogen) atoms. The van der Waals surface area contributed by atoms with Crippen molar-refractivity contribution in [2.24, 2.45) is 5.73 Å². The quantitative estimate of drug-likeness (QED) is 0.0449. The standard InChI is InChI=1S/C26H26N2O3.2C26H28N2O2.C23H21N3O2.C22H22N4O/c1-17(2)30-23-12-9-20(10-13-23)24-15-27-25-14-11-22(16-28(24)25)19-5-7-21(8-6-19)26(29)31-18(3)4;1-17(2)29-23-10-6-20(7-11-23)24-15-27-26-13-9-22(16-28(24)26)21-8-12-25(19(5)14-21)30-18(3)4;1-17(2)29-22-9-6-20(7-10-22)25-15-27-26-13-8-21(16-28(25)26)24-12-11-23(14-19(24)5)30-18(3)4;1-15(2)28-20-10-7-17(8-11-20)21-13-25-22-12-9-19(14-26(21)22)16-3-5-18(6-4-16)23(24)27;1-15(2)27-20-8-3-16(4-9-20)21-12-23-22-10-5-17(13-25(21)22)18-11-24-26(14-18)19-6-7-19/h5-18H,1-4H3;2*6-18H,1-5H3;3-15H,1-2H3,(H2,24,27);3-5,8-15,19H,6-7H2,1-2H3. The molecule has 21 rings (SSSR count). The number of carbonyl (C=O) groups excluding carboxylic acids is 2. The van der Waals surface area contributed by atoms with Crippen molar-refractivity contribution < 1.29 is 47.5 Å². The molecule has 0 saturated heterocycles. The number of rotatable bonds is 28. The summed E-state index contributed by atoms with van der Waals surface area (Å²) in [6.45, 7) is 36.3. The number of amides is 1. The number of hydrogen-bond donors (Lipinski definition) is 1.